The molecule has 0 spiro atoms. The molecule has 0 aliphatic rings. The number of carbonyl (C=O) groups is 1. The number of hydrogen-bond donors (Lipinski definition) is 1. The van der Waals surface area contributed by atoms with Crippen LogP contribution in [0.5, 0.6) is 0 Å². The van der Waals surface area contributed by atoms with E-state index in [1.807, 2.05) is 48.5 Å². The summed E-state index contributed by atoms with van der Waals surface area (Å²) in [6.45, 7) is 7.32. The molecule has 1 amide bonds. The maximum absolute atomic E-state index is 12.3. The van der Waals surface area contributed by atoms with E-state index in [0.717, 1.165) is 36.3 Å². The number of rotatable bonds is 12. The third-order valence-corrected chi connectivity index (χ3v) is 6.61. The molecule has 0 aromatic heterocycles. The first-order valence-corrected chi connectivity index (χ1v) is 12.1. The standard InChI is InChI=1S/C23H32N2O3S/c1-3-25(4-2)18-22-15-9-8-14-21(22)17-24-23(26)19-29(27,28)16-10-13-20-11-6-5-7-12-20/h5-9,11-12,14-15H,3-4,10,13,16-19H2,1-2H3,(H,24,26). The Morgan fingerprint density at radius 1 is 0.931 bits per heavy atom. The van der Waals surface area contributed by atoms with Gasteiger partial charge >= 0.3 is 0 Å². The van der Waals surface area contributed by atoms with Gasteiger partial charge < -0.3 is 5.32 Å². The van der Waals surface area contributed by atoms with Crippen molar-refractivity contribution in [3.63, 3.8) is 0 Å². The van der Waals surface area contributed by atoms with Gasteiger partial charge in [0, 0.05) is 13.1 Å². The SMILES string of the molecule is CCN(CC)Cc1ccccc1CNC(=O)CS(=O)(=O)CCCc1ccccc1. The summed E-state index contributed by atoms with van der Waals surface area (Å²) >= 11 is 0. The molecule has 2 aromatic carbocycles. The monoisotopic (exact) mass is 416 g/mol. The van der Waals surface area contributed by atoms with E-state index in [4.69, 9.17) is 0 Å². The zero-order valence-corrected chi connectivity index (χ0v) is 18.2. The van der Waals surface area contributed by atoms with E-state index in [1.165, 1.54) is 0 Å². The van der Waals surface area contributed by atoms with Gasteiger partial charge in [-0.3, -0.25) is 9.69 Å². The number of aryl methyl sites for hydroxylation is 1. The molecule has 0 unspecified atom stereocenters. The van der Waals surface area contributed by atoms with Gasteiger partial charge in [-0.05, 0) is 42.6 Å². The molecule has 0 aliphatic carbocycles. The Morgan fingerprint density at radius 3 is 2.21 bits per heavy atom. The fourth-order valence-electron chi connectivity index (χ4n) is 3.23. The van der Waals surface area contributed by atoms with Gasteiger partial charge in [0.05, 0.1) is 5.75 Å². The normalized spacial score (nSPS) is 11.6. The van der Waals surface area contributed by atoms with Crippen molar-refractivity contribution >= 4 is 15.7 Å². The lowest BCUT2D eigenvalue weighted by Crippen LogP contribution is -2.31. The minimum absolute atomic E-state index is 0.0217. The number of benzene rings is 2. The largest absolute Gasteiger partial charge is 0.351 e. The maximum atomic E-state index is 12.3. The minimum atomic E-state index is -3.41. The predicted octanol–water partition coefficient (Wildman–Crippen LogP) is 3.19. The van der Waals surface area contributed by atoms with E-state index in [-0.39, 0.29) is 5.75 Å². The van der Waals surface area contributed by atoms with Crippen molar-refractivity contribution in [3.05, 3.63) is 71.3 Å². The molecule has 0 heterocycles. The van der Waals surface area contributed by atoms with E-state index >= 15 is 0 Å². The lowest BCUT2D eigenvalue weighted by atomic mass is 10.1. The van der Waals surface area contributed by atoms with Gasteiger partial charge in [0.15, 0.2) is 9.84 Å². The Morgan fingerprint density at radius 2 is 1.55 bits per heavy atom. The highest BCUT2D eigenvalue weighted by atomic mass is 32.2. The molecule has 158 valence electrons. The smallest absolute Gasteiger partial charge is 0.235 e. The lowest BCUT2D eigenvalue weighted by Gasteiger charge is -2.20. The number of amides is 1. The second kappa shape index (κ2) is 11.7. The summed E-state index contributed by atoms with van der Waals surface area (Å²) < 4.78 is 24.5. The molecule has 0 bridgehead atoms. The Bertz CT molecular complexity index is 863. The third kappa shape index (κ3) is 8.38. The van der Waals surface area contributed by atoms with Crippen LogP contribution in [0.1, 0.15) is 37.0 Å². The number of sulfone groups is 1. The van der Waals surface area contributed by atoms with Gasteiger partial charge in [0.2, 0.25) is 5.91 Å². The van der Waals surface area contributed by atoms with Gasteiger partial charge in [-0.15, -0.1) is 0 Å². The van der Waals surface area contributed by atoms with Crippen LogP contribution in [0.15, 0.2) is 54.6 Å². The molecule has 0 atom stereocenters. The summed E-state index contributed by atoms with van der Waals surface area (Å²) in [6, 6.07) is 17.7. The average molecular weight is 417 g/mol. The van der Waals surface area contributed by atoms with Crippen LogP contribution < -0.4 is 5.32 Å². The molecule has 5 nitrogen and oxygen atoms in total. The van der Waals surface area contributed by atoms with Crippen LogP contribution in [0, 0.1) is 0 Å². The highest BCUT2D eigenvalue weighted by Gasteiger charge is 2.17. The molecule has 1 N–H and O–H groups in total. The molecule has 6 heteroatoms. The topological polar surface area (TPSA) is 66.5 Å². The zero-order chi connectivity index (χ0) is 21.1. The summed E-state index contributed by atoms with van der Waals surface area (Å²) in [5, 5.41) is 2.78. The lowest BCUT2D eigenvalue weighted by molar-refractivity contribution is -0.118. The first-order chi connectivity index (χ1) is 13.9. The summed E-state index contributed by atoms with van der Waals surface area (Å²) in [7, 11) is -3.41. The highest BCUT2D eigenvalue weighted by molar-refractivity contribution is 7.92. The molecule has 0 saturated carbocycles. The van der Waals surface area contributed by atoms with Gasteiger partial charge in [0.1, 0.15) is 5.75 Å². The van der Waals surface area contributed by atoms with E-state index < -0.39 is 21.5 Å². The second-order valence-electron chi connectivity index (χ2n) is 7.19. The van der Waals surface area contributed by atoms with Crippen LogP contribution in [0.3, 0.4) is 0 Å². The molecule has 0 fully saturated rings. The van der Waals surface area contributed by atoms with Crippen LogP contribution in [-0.2, 0) is 34.1 Å². The first kappa shape index (κ1) is 23.1. The van der Waals surface area contributed by atoms with Gasteiger partial charge in [0.25, 0.3) is 0 Å². The number of carbonyl (C=O) groups excluding carboxylic acids is 1. The van der Waals surface area contributed by atoms with Crippen molar-refractivity contribution in [1.29, 1.82) is 0 Å². The van der Waals surface area contributed by atoms with Crippen molar-refractivity contribution in [3.8, 4) is 0 Å². The minimum Gasteiger partial charge on any atom is -0.351 e. The number of nitrogens with zero attached hydrogens (tertiary/aromatic N) is 1. The Kier molecular flexibility index (Phi) is 9.35. The van der Waals surface area contributed by atoms with E-state index in [9.17, 15) is 13.2 Å². The molecule has 0 radical (unpaired) electrons. The molecule has 2 rings (SSSR count). The molecule has 0 saturated heterocycles. The van der Waals surface area contributed by atoms with Crippen molar-refractivity contribution in [2.24, 2.45) is 0 Å². The van der Waals surface area contributed by atoms with Crippen LogP contribution in [0.25, 0.3) is 0 Å². The first-order valence-electron chi connectivity index (χ1n) is 10.2. The summed E-state index contributed by atoms with van der Waals surface area (Å²) in [5.74, 6) is -0.879. The van der Waals surface area contributed by atoms with Crippen LogP contribution in [0.4, 0.5) is 0 Å². The van der Waals surface area contributed by atoms with Gasteiger partial charge in [-0.1, -0.05) is 68.4 Å². The number of nitrogens with one attached hydrogen (secondary N) is 1. The molecular weight excluding hydrogens is 384 g/mol. The van der Waals surface area contributed by atoms with Crippen LogP contribution in [0.2, 0.25) is 0 Å². The van der Waals surface area contributed by atoms with E-state index in [1.54, 1.807) is 0 Å². The highest BCUT2D eigenvalue weighted by Crippen LogP contribution is 2.12. The zero-order valence-electron chi connectivity index (χ0n) is 17.4. The van der Waals surface area contributed by atoms with Crippen molar-refractivity contribution in [2.45, 2.75) is 39.8 Å². The van der Waals surface area contributed by atoms with Crippen molar-refractivity contribution in [1.82, 2.24) is 10.2 Å². The van der Waals surface area contributed by atoms with E-state index in [0.29, 0.717) is 19.4 Å². The van der Waals surface area contributed by atoms with Crippen LogP contribution in [-0.4, -0.2) is 43.8 Å². The average Bonchev–Trinajstić information content (AvgIpc) is 2.71. The maximum Gasteiger partial charge on any atom is 0.235 e. The predicted molar refractivity (Wildman–Crippen MR) is 118 cm³/mol. The summed E-state index contributed by atoms with van der Waals surface area (Å²) in [5.41, 5.74) is 3.29. The molecular formula is C23H32N2O3S. The third-order valence-electron chi connectivity index (χ3n) is 5.00. The van der Waals surface area contributed by atoms with Crippen LogP contribution >= 0.6 is 0 Å². The van der Waals surface area contributed by atoms with Crippen molar-refractivity contribution in [2.75, 3.05) is 24.6 Å². The fourth-order valence-corrected chi connectivity index (χ4v) is 4.46. The molecule has 29 heavy (non-hydrogen) atoms. The molecule has 2 aromatic rings. The van der Waals surface area contributed by atoms with Crippen molar-refractivity contribution < 1.29 is 13.2 Å². The van der Waals surface area contributed by atoms with Gasteiger partial charge in [-0.2, -0.15) is 0 Å². The van der Waals surface area contributed by atoms with E-state index in [2.05, 4.69) is 30.1 Å². The Balaban J connectivity index is 1.83. The summed E-state index contributed by atoms with van der Waals surface area (Å²) in [6.07, 6.45) is 1.22. The quantitative estimate of drug-likeness (QED) is 0.577. The Labute approximate surface area is 175 Å². The second-order valence-corrected chi connectivity index (χ2v) is 9.37. The Hall–Kier alpha value is -2.18. The number of hydrogen-bond acceptors (Lipinski definition) is 4. The van der Waals surface area contributed by atoms with Gasteiger partial charge in [-0.25, -0.2) is 8.42 Å². The summed E-state index contributed by atoms with van der Waals surface area (Å²) in [4.78, 5) is 14.5. The molecule has 0 aliphatic heterocycles. The fraction of sp³-hybridized carbons (Fsp3) is 0.435.